The van der Waals surface area contributed by atoms with Gasteiger partial charge in [0.05, 0.1) is 13.1 Å². The van der Waals surface area contributed by atoms with Crippen molar-refractivity contribution in [1.29, 1.82) is 0 Å². The van der Waals surface area contributed by atoms with E-state index in [9.17, 15) is 9.59 Å². The van der Waals surface area contributed by atoms with Gasteiger partial charge in [-0.1, -0.05) is 30.3 Å². The molecular weight excluding hydrogens is 497 g/mol. The smallest absolute Gasteiger partial charge is 0.251 e. The predicted octanol–water partition coefficient (Wildman–Crippen LogP) is 1.61. The monoisotopic (exact) mass is 525 g/mol. The third-order valence-corrected chi connectivity index (χ3v) is 4.10. The molecule has 30 heavy (non-hydrogen) atoms. The number of likely N-dealkylation sites (N-methyl/N-ethyl adjacent to an activating group) is 1. The zero-order valence-electron chi connectivity index (χ0n) is 17.1. The molecule has 8 nitrogen and oxygen atoms in total. The summed E-state index contributed by atoms with van der Waals surface area (Å²) in [5.74, 6) is 0.662. The van der Waals surface area contributed by atoms with E-state index in [0.717, 1.165) is 17.3 Å². The van der Waals surface area contributed by atoms with Crippen LogP contribution in [0.25, 0.3) is 0 Å². The maximum absolute atomic E-state index is 11.9. The lowest BCUT2D eigenvalue weighted by Gasteiger charge is -2.22. The molecule has 2 rings (SSSR count). The van der Waals surface area contributed by atoms with Crippen LogP contribution in [-0.4, -0.2) is 56.5 Å². The molecule has 0 aromatic heterocycles. The van der Waals surface area contributed by atoms with Crippen LogP contribution in [0.2, 0.25) is 0 Å². The second-order valence-corrected chi connectivity index (χ2v) is 6.33. The van der Waals surface area contributed by atoms with Crippen LogP contribution in [0.3, 0.4) is 0 Å². The maximum Gasteiger partial charge on any atom is 0.251 e. The van der Waals surface area contributed by atoms with E-state index in [1.807, 2.05) is 54.4 Å². The number of primary amides is 1. The number of rotatable bonds is 9. The van der Waals surface area contributed by atoms with E-state index < -0.39 is 5.91 Å². The van der Waals surface area contributed by atoms with E-state index in [-0.39, 0.29) is 36.4 Å². The fraction of sp³-hybridized carbons (Fsp3) is 0.286. The Labute approximate surface area is 193 Å². The number of hydrogen-bond donors (Lipinski definition) is 3. The summed E-state index contributed by atoms with van der Waals surface area (Å²) >= 11 is 0. The van der Waals surface area contributed by atoms with Gasteiger partial charge in [0.25, 0.3) is 5.91 Å². The first-order chi connectivity index (χ1) is 14.0. The van der Waals surface area contributed by atoms with Gasteiger partial charge in [-0.3, -0.25) is 14.6 Å². The van der Waals surface area contributed by atoms with Crippen LogP contribution < -0.4 is 21.1 Å². The molecule has 0 heterocycles. The van der Waals surface area contributed by atoms with Gasteiger partial charge in [0.15, 0.2) is 5.96 Å². The number of hydrogen-bond acceptors (Lipinski definition) is 4. The number of halogens is 1. The number of nitrogens with zero attached hydrogens (tertiary/aromatic N) is 2. The largest absolute Gasteiger partial charge is 0.492 e. The molecule has 0 bridgehead atoms. The summed E-state index contributed by atoms with van der Waals surface area (Å²) in [4.78, 5) is 28.9. The average molecular weight is 525 g/mol. The van der Waals surface area contributed by atoms with Crippen molar-refractivity contribution < 1.29 is 14.3 Å². The van der Waals surface area contributed by atoms with Gasteiger partial charge in [0.1, 0.15) is 12.4 Å². The molecule has 0 spiro atoms. The van der Waals surface area contributed by atoms with Gasteiger partial charge in [0.2, 0.25) is 5.91 Å². The van der Waals surface area contributed by atoms with Crippen LogP contribution in [0.1, 0.15) is 15.9 Å². The van der Waals surface area contributed by atoms with E-state index >= 15 is 0 Å². The normalized spacial score (nSPS) is 10.5. The van der Waals surface area contributed by atoms with Crippen molar-refractivity contribution in [3.63, 3.8) is 0 Å². The quantitative estimate of drug-likeness (QED) is 0.262. The van der Waals surface area contributed by atoms with Gasteiger partial charge in [0, 0.05) is 26.2 Å². The lowest BCUT2D eigenvalue weighted by atomic mass is 10.1. The summed E-state index contributed by atoms with van der Waals surface area (Å²) in [7, 11) is 3.67. The lowest BCUT2D eigenvalue weighted by Crippen LogP contribution is -2.40. The van der Waals surface area contributed by atoms with E-state index in [1.165, 1.54) is 0 Å². The summed E-state index contributed by atoms with van der Waals surface area (Å²) in [5.41, 5.74) is 6.48. The molecule has 9 heteroatoms. The number of ether oxygens (including phenoxy) is 1. The number of amides is 2. The Morgan fingerprint density at radius 3 is 2.33 bits per heavy atom. The van der Waals surface area contributed by atoms with Crippen molar-refractivity contribution >= 4 is 41.8 Å². The number of para-hydroxylation sites is 1. The number of carbonyl (C=O) groups is 2. The van der Waals surface area contributed by atoms with Crippen molar-refractivity contribution in [2.75, 3.05) is 33.8 Å². The molecule has 0 unspecified atom stereocenters. The number of aliphatic imine (C=N–C) groups is 1. The van der Waals surface area contributed by atoms with Gasteiger partial charge in [-0.05, 0) is 29.8 Å². The highest BCUT2D eigenvalue weighted by Gasteiger charge is 2.08. The number of carbonyl (C=O) groups excluding carboxylic acids is 2. The first kappa shape index (κ1) is 25.2. The Bertz CT molecular complexity index is 828. The second kappa shape index (κ2) is 13.4. The zero-order chi connectivity index (χ0) is 21.1. The highest BCUT2D eigenvalue weighted by Crippen LogP contribution is 2.08. The summed E-state index contributed by atoms with van der Waals surface area (Å²) in [6.07, 6.45) is 0. The second-order valence-electron chi connectivity index (χ2n) is 6.33. The standard InChI is InChI=1S/C21H27N5O3.HI/c1-23-21(26(2)12-13-29-18-6-4-3-5-7-18)25-14-16-8-10-17(11-9-16)20(28)24-15-19(22)27;/h3-11H,12-15H2,1-2H3,(H2,22,27)(H,23,25)(H,24,28);1H. The molecule has 0 aliphatic carbocycles. The molecule has 0 saturated carbocycles. The minimum absolute atomic E-state index is 0. The number of nitrogens with one attached hydrogen (secondary N) is 2. The van der Waals surface area contributed by atoms with E-state index in [4.69, 9.17) is 10.5 Å². The minimum Gasteiger partial charge on any atom is -0.492 e. The van der Waals surface area contributed by atoms with Crippen LogP contribution in [0.4, 0.5) is 0 Å². The fourth-order valence-electron chi connectivity index (χ4n) is 2.53. The van der Waals surface area contributed by atoms with Crippen LogP contribution in [0, 0.1) is 0 Å². The molecular formula is C21H28IN5O3. The van der Waals surface area contributed by atoms with E-state index in [2.05, 4.69) is 15.6 Å². The third-order valence-electron chi connectivity index (χ3n) is 4.10. The van der Waals surface area contributed by atoms with Crippen molar-refractivity contribution in [3.05, 3.63) is 65.7 Å². The molecule has 162 valence electrons. The van der Waals surface area contributed by atoms with E-state index in [0.29, 0.717) is 25.3 Å². The number of benzene rings is 2. The lowest BCUT2D eigenvalue weighted by molar-refractivity contribution is -0.117. The van der Waals surface area contributed by atoms with Crippen LogP contribution >= 0.6 is 24.0 Å². The molecule has 2 amide bonds. The fourth-order valence-corrected chi connectivity index (χ4v) is 2.53. The summed E-state index contributed by atoms with van der Waals surface area (Å²) in [6, 6.07) is 16.8. The van der Waals surface area contributed by atoms with Gasteiger partial charge in [-0.25, -0.2) is 0 Å². The summed E-state index contributed by atoms with van der Waals surface area (Å²) in [6.45, 7) is 1.59. The molecule has 2 aromatic carbocycles. The molecule has 2 aromatic rings. The average Bonchev–Trinajstić information content (AvgIpc) is 2.73. The van der Waals surface area contributed by atoms with Gasteiger partial charge >= 0.3 is 0 Å². The van der Waals surface area contributed by atoms with Crippen molar-refractivity contribution in [2.45, 2.75) is 6.54 Å². The Kier molecular flexibility index (Phi) is 11.3. The Morgan fingerprint density at radius 1 is 1.07 bits per heavy atom. The molecule has 4 N–H and O–H groups in total. The Morgan fingerprint density at radius 2 is 1.73 bits per heavy atom. The van der Waals surface area contributed by atoms with Crippen molar-refractivity contribution in [3.8, 4) is 5.75 Å². The first-order valence-electron chi connectivity index (χ1n) is 9.24. The first-order valence-corrected chi connectivity index (χ1v) is 9.24. The summed E-state index contributed by atoms with van der Waals surface area (Å²) < 4.78 is 5.71. The highest BCUT2D eigenvalue weighted by atomic mass is 127. The molecule has 0 radical (unpaired) electrons. The zero-order valence-corrected chi connectivity index (χ0v) is 19.5. The predicted molar refractivity (Wildman–Crippen MR) is 128 cm³/mol. The van der Waals surface area contributed by atoms with Gasteiger partial charge < -0.3 is 26.0 Å². The Balaban J connectivity index is 0.00000450. The van der Waals surface area contributed by atoms with Crippen LogP contribution in [0.15, 0.2) is 59.6 Å². The summed E-state index contributed by atoms with van der Waals surface area (Å²) in [5, 5.41) is 5.74. The molecule has 0 fully saturated rings. The van der Waals surface area contributed by atoms with Crippen molar-refractivity contribution in [2.24, 2.45) is 10.7 Å². The SMILES string of the molecule is CN=C(NCc1ccc(C(=O)NCC(N)=O)cc1)N(C)CCOc1ccccc1.I. The van der Waals surface area contributed by atoms with Crippen LogP contribution in [-0.2, 0) is 11.3 Å². The van der Waals surface area contributed by atoms with Crippen LogP contribution in [0.5, 0.6) is 5.75 Å². The molecule has 0 atom stereocenters. The molecule has 0 aliphatic heterocycles. The molecule has 0 saturated heterocycles. The number of guanidine groups is 1. The third kappa shape index (κ3) is 8.68. The number of nitrogens with two attached hydrogens (primary N) is 1. The topological polar surface area (TPSA) is 109 Å². The highest BCUT2D eigenvalue weighted by molar-refractivity contribution is 14.0. The van der Waals surface area contributed by atoms with Crippen molar-refractivity contribution in [1.82, 2.24) is 15.5 Å². The van der Waals surface area contributed by atoms with E-state index in [1.54, 1.807) is 19.2 Å². The Hall–Kier alpha value is -2.82. The van der Waals surface area contributed by atoms with Gasteiger partial charge in [-0.15, -0.1) is 24.0 Å². The molecule has 0 aliphatic rings. The minimum atomic E-state index is -0.580. The van der Waals surface area contributed by atoms with Gasteiger partial charge in [-0.2, -0.15) is 0 Å². The maximum atomic E-state index is 11.9.